The van der Waals surface area contributed by atoms with Gasteiger partial charge in [0.2, 0.25) is 0 Å². The molecule has 0 spiro atoms. The molecule has 0 bridgehead atoms. The number of ketones is 1. The molecule has 2 rings (SSSR count). The number of ether oxygens (including phenoxy) is 3. The van der Waals surface area contributed by atoms with E-state index in [9.17, 15) is 9.59 Å². The van der Waals surface area contributed by atoms with Gasteiger partial charge in [0.15, 0.2) is 17.3 Å². The zero-order chi connectivity index (χ0) is 20.4. The number of piperazine rings is 1. The van der Waals surface area contributed by atoms with E-state index in [1.54, 1.807) is 31.1 Å². The molecule has 1 aliphatic heterocycles. The van der Waals surface area contributed by atoms with Crippen LogP contribution in [-0.2, 0) is 9.53 Å². The monoisotopic (exact) mass is 426 g/mol. The quantitative estimate of drug-likeness (QED) is 0.564. The third kappa shape index (κ3) is 7.95. The van der Waals surface area contributed by atoms with Gasteiger partial charge >= 0.3 is 6.09 Å². The maximum atomic E-state index is 12.2. The summed E-state index contributed by atoms with van der Waals surface area (Å²) in [6, 6.07) is 5.59. The van der Waals surface area contributed by atoms with Gasteiger partial charge < -0.3 is 19.1 Å². The number of carbonyl (C=O) groups excluding carboxylic acids is 2. The van der Waals surface area contributed by atoms with Crippen LogP contribution in [0.5, 0.6) is 11.5 Å². The molecule has 1 aromatic carbocycles. The lowest BCUT2D eigenvalue weighted by molar-refractivity contribution is -0.115. The molecule has 0 saturated carbocycles. The topological polar surface area (TPSA) is 68.3 Å². The molecule has 1 heterocycles. The summed E-state index contributed by atoms with van der Waals surface area (Å²) >= 11 is 0. The molecule has 0 atom stereocenters. The molecule has 1 aromatic rings. The van der Waals surface area contributed by atoms with Crippen LogP contribution < -0.4 is 9.47 Å². The maximum absolute atomic E-state index is 12.2. The largest absolute Gasteiger partial charge is 0.493 e. The minimum atomic E-state index is -0.257. The molecule has 162 valence electrons. The molecule has 7 nitrogen and oxygen atoms in total. The van der Waals surface area contributed by atoms with E-state index in [-0.39, 0.29) is 24.3 Å². The van der Waals surface area contributed by atoms with Crippen LogP contribution in [0.2, 0.25) is 0 Å². The minimum absolute atomic E-state index is 0. The van der Waals surface area contributed by atoms with E-state index in [0.717, 1.165) is 18.7 Å². The van der Waals surface area contributed by atoms with E-state index < -0.39 is 0 Å². The molecular weight excluding hydrogens is 396 g/mol. The number of hydrogen-bond donors (Lipinski definition) is 0. The first-order valence-corrected chi connectivity index (χ1v) is 9.73. The van der Waals surface area contributed by atoms with Crippen molar-refractivity contribution in [2.75, 3.05) is 53.0 Å². The summed E-state index contributed by atoms with van der Waals surface area (Å²) < 4.78 is 15.8. The fourth-order valence-corrected chi connectivity index (χ4v) is 2.97. The summed E-state index contributed by atoms with van der Waals surface area (Å²) in [5, 5.41) is 0. The number of halogens is 1. The lowest BCUT2D eigenvalue weighted by Gasteiger charge is -2.33. The predicted molar refractivity (Wildman–Crippen MR) is 115 cm³/mol. The molecule has 0 aromatic heterocycles. The Morgan fingerprint density at radius 1 is 1.07 bits per heavy atom. The summed E-state index contributed by atoms with van der Waals surface area (Å²) in [5.74, 6) is 1.41. The third-order valence-corrected chi connectivity index (χ3v) is 4.52. The molecule has 8 heteroatoms. The smallest absolute Gasteiger partial charge is 0.409 e. The first-order chi connectivity index (χ1) is 13.6. The molecule has 1 saturated heterocycles. The Hall–Kier alpha value is -2.25. The van der Waals surface area contributed by atoms with Crippen LogP contribution in [0.25, 0.3) is 6.08 Å². The number of benzene rings is 1. The van der Waals surface area contributed by atoms with E-state index >= 15 is 0 Å². The molecular formula is C21H31ClN2O5. The van der Waals surface area contributed by atoms with E-state index in [4.69, 9.17) is 14.2 Å². The van der Waals surface area contributed by atoms with Crippen molar-refractivity contribution < 1.29 is 23.8 Å². The van der Waals surface area contributed by atoms with Crippen LogP contribution >= 0.6 is 12.4 Å². The lowest BCUT2D eigenvalue weighted by Crippen LogP contribution is -2.49. The fourth-order valence-electron chi connectivity index (χ4n) is 2.97. The van der Waals surface area contributed by atoms with Crippen LogP contribution in [0.15, 0.2) is 24.3 Å². The van der Waals surface area contributed by atoms with Crippen molar-refractivity contribution in [3.05, 3.63) is 29.8 Å². The number of amides is 1. The van der Waals surface area contributed by atoms with E-state index in [2.05, 4.69) is 4.90 Å². The minimum Gasteiger partial charge on any atom is -0.493 e. The van der Waals surface area contributed by atoms with Gasteiger partial charge in [-0.25, -0.2) is 4.79 Å². The van der Waals surface area contributed by atoms with Gasteiger partial charge in [-0.15, -0.1) is 12.4 Å². The Balaban J connectivity index is 0.00000420. The Morgan fingerprint density at radius 2 is 1.79 bits per heavy atom. The van der Waals surface area contributed by atoms with Gasteiger partial charge in [-0.05, 0) is 37.6 Å². The third-order valence-electron chi connectivity index (χ3n) is 4.52. The molecule has 29 heavy (non-hydrogen) atoms. The van der Waals surface area contributed by atoms with Crippen molar-refractivity contribution in [2.24, 2.45) is 0 Å². The van der Waals surface area contributed by atoms with Gasteiger partial charge in [0.25, 0.3) is 0 Å². The fraction of sp³-hybridized carbons (Fsp3) is 0.524. The van der Waals surface area contributed by atoms with E-state index in [1.165, 1.54) is 0 Å². The van der Waals surface area contributed by atoms with Crippen molar-refractivity contribution in [3.63, 3.8) is 0 Å². The van der Waals surface area contributed by atoms with E-state index in [0.29, 0.717) is 50.8 Å². The molecule has 1 fully saturated rings. The van der Waals surface area contributed by atoms with Gasteiger partial charge in [0.1, 0.15) is 0 Å². The number of methoxy groups -OCH3 is 1. The van der Waals surface area contributed by atoms with Gasteiger partial charge in [-0.3, -0.25) is 9.69 Å². The zero-order valence-corrected chi connectivity index (χ0v) is 18.2. The zero-order valence-electron chi connectivity index (χ0n) is 17.4. The van der Waals surface area contributed by atoms with Crippen LogP contribution in [0, 0.1) is 0 Å². The van der Waals surface area contributed by atoms with Crippen LogP contribution in [0.4, 0.5) is 4.79 Å². The number of allylic oxidation sites excluding steroid dienone is 1. The Kier molecular flexibility index (Phi) is 11.2. The number of nitrogens with zero attached hydrogens (tertiary/aromatic N) is 2. The average Bonchev–Trinajstić information content (AvgIpc) is 2.72. The highest BCUT2D eigenvalue weighted by Gasteiger charge is 2.21. The second-order valence-corrected chi connectivity index (χ2v) is 6.42. The molecule has 0 N–H and O–H groups in total. The van der Waals surface area contributed by atoms with Crippen molar-refractivity contribution in [1.82, 2.24) is 9.80 Å². The van der Waals surface area contributed by atoms with Crippen LogP contribution in [-0.4, -0.2) is 74.7 Å². The van der Waals surface area contributed by atoms with Gasteiger partial charge in [-0.2, -0.15) is 0 Å². The summed E-state index contributed by atoms with van der Waals surface area (Å²) in [4.78, 5) is 27.8. The summed E-state index contributed by atoms with van der Waals surface area (Å²) in [6.45, 7) is 8.14. The number of hydrogen-bond acceptors (Lipinski definition) is 6. The molecule has 1 amide bonds. The van der Waals surface area contributed by atoms with Gasteiger partial charge in [0.05, 0.1) is 20.3 Å². The van der Waals surface area contributed by atoms with Crippen LogP contribution in [0.1, 0.15) is 25.8 Å². The van der Waals surface area contributed by atoms with Gasteiger partial charge in [0, 0.05) is 39.1 Å². The van der Waals surface area contributed by atoms with Crippen molar-refractivity contribution >= 4 is 30.4 Å². The number of rotatable bonds is 9. The van der Waals surface area contributed by atoms with E-state index in [1.807, 2.05) is 25.1 Å². The summed E-state index contributed by atoms with van der Waals surface area (Å²) in [5.41, 5.74) is 0.886. The highest BCUT2D eigenvalue weighted by Crippen LogP contribution is 2.28. The maximum Gasteiger partial charge on any atom is 0.409 e. The van der Waals surface area contributed by atoms with Crippen LogP contribution in [0.3, 0.4) is 0 Å². The highest BCUT2D eigenvalue weighted by molar-refractivity contribution is 5.93. The lowest BCUT2D eigenvalue weighted by atomic mass is 10.1. The van der Waals surface area contributed by atoms with Gasteiger partial charge in [-0.1, -0.05) is 12.1 Å². The second-order valence-electron chi connectivity index (χ2n) is 6.42. The summed E-state index contributed by atoms with van der Waals surface area (Å²) in [7, 11) is 1.60. The number of carbonyl (C=O) groups is 2. The first kappa shape index (κ1) is 24.8. The first-order valence-electron chi connectivity index (χ1n) is 9.73. The standard InChI is InChI=1S/C21H30N2O5.ClH/c1-4-27-19-9-7-17(16-20(19)26-3)6-8-18(24)10-11-22-12-14-23(15-13-22)21(25)28-5-2;/h6-9,16H,4-5,10-15H2,1-3H3;1H. The molecule has 0 aliphatic carbocycles. The second kappa shape index (κ2) is 13.1. The molecule has 0 radical (unpaired) electrons. The Labute approximate surface area is 179 Å². The Bertz CT molecular complexity index is 688. The highest BCUT2D eigenvalue weighted by atomic mass is 35.5. The SMILES string of the molecule is CCOC(=O)N1CCN(CCC(=O)C=Cc2ccc(OCC)c(OC)c2)CC1.Cl. The van der Waals surface area contributed by atoms with Crippen molar-refractivity contribution in [3.8, 4) is 11.5 Å². The average molecular weight is 427 g/mol. The Morgan fingerprint density at radius 3 is 2.41 bits per heavy atom. The molecule has 0 unspecified atom stereocenters. The van der Waals surface area contributed by atoms with Crippen molar-refractivity contribution in [2.45, 2.75) is 20.3 Å². The summed E-state index contributed by atoms with van der Waals surface area (Å²) in [6.07, 6.45) is 3.58. The van der Waals surface area contributed by atoms with Crippen molar-refractivity contribution in [1.29, 1.82) is 0 Å². The normalized spacial score (nSPS) is 14.4. The molecule has 1 aliphatic rings. The predicted octanol–water partition coefficient (Wildman–Crippen LogP) is 3.26.